The van der Waals surface area contributed by atoms with Gasteiger partial charge >= 0.3 is 0 Å². The number of hydrogen-bond donors (Lipinski definition) is 2. The number of halogens is 1. The monoisotopic (exact) mass is 329 g/mol. The lowest BCUT2D eigenvalue weighted by molar-refractivity contribution is -0.110. The predicted octanol–water partition coefficient (Wildman–Crippen LogP) is 4.21. The van der Waals surface area contributed by atoms with Crippen molar-refractivity contribution >= 4 is 40.3 Å². The standard InChI is InChI=1S/C17H16ClN3O2/c1-11-8-9-14(10-15(11)18)19-12(2)16(21-23)17(22)20-13-6-4-3-5-7-13/h3-10,23H,1-2H3,(H,20,22)/b19-12?,21-16+. The molecule has 5 nitrogen and oxygen atoms in total. The van der Waals surface area contributed by atoms with Crippen LogP contribution in [0, 0.1) is 6.92 Å². The second-order valence-electron chi connectivity index (χ2n) is 4.90. The van der Waals surface area contributed by atoms with Crippen LogP contribution in [-0.4, -0.2) is 22.5 Å². The van der Waals surface area contributed by atoms with Crippen molar-refractivity contribution in [2.75, 3.05) is 5.32 Å². The first kappa shape index (κ1) is 16.7. The van der Waals surface area contributed by atoms with Crippen LogP contribution in [0.15, 0.2) is 58.7 Å². The summed E-state index contributed by atoms with van der Waals surface area (Å²) in [5.74, 6) is -0.543. The van der Waals surface area contributed by atoms with E-state index in [-0.39, 0.29) is 11.4 Å². The molecule has 0 heterocycles. The first-order valence-corrected chi connectivity index (χ1v) is 7.29. The highest BCUT2D eigenvalue weighted by atomic mass is 35.5. The molecule has 1 amide bonds. The van der Waals surface area contributed by atoms with Gasteiger partial charge in [-0.2, -0.15) is 0 Å². The van der Waals surface area contributed by atoms with Gasteiger partial charge in [0.25, 0.3) is 5.91 Å². The third-order valence-electron chi connectivity index (χ3n) is 3.14. The number of amides is 1. The normalized spacial score (nSPS) is 12.1. The number of aliphatic imine (C=N–C) groups is 1. The number of nitrogens with one attached hydrogen (secondary N) is 1. The summed E-state index contributed by atoms with van der Waals surface area (Å²) in [6, 6.07) is 14.2. The van der Waals surface area contributed by atoms with Crippen molar-refractivity contribution in [3.63, 3.8) is 0 Å². The molecule has 2 aromatic carbocycles. The molecule has 0 aliphatic carbocycles. The van der Waals surface area contributed by atoms with Gasteiger partial charge in [-0.1, -0.05) is 41.0 Å². The molecule has 2 rings (SSSR count). The van der Waals surface area contributed by atoms with E-state index in [1.807, 2.05) is 19.1 Å². The fourth-order valence-electron chi connectivity index (χ4n) is 1.89. The summed E-state index contributed by atoms with van der Waals surface area (Å²) in [6.07, 6.45) is 0. The van der Waals surface area contributed by atoms with Gasteiger partial charge in [-0.3, -0.25) is 9.79 Å². The molecule has 0 fully saturated rings. The maximum Gasteiger partial charge on any atom is 0.279 e. The molecule has 0 spiro atoms. The van der Waals surface area contributed by atoms with Crippen LogP contribution in [0.25, 0.3) is 0 Å². The molecular weight excluding hydrogens is 314 g/mol. The molecule has 0 atom stereocenters. The highest BCUT2D eigenvalue weighted by molar-refractivity contribution is 6.68. The molecule has 6 heteroatoms. The third kappa shape index (κ3) is 4.40. The van der Waals surface area contributed by atoms with Crippen LogP contribution in [0.1, 0.15) is 12.5 Å². The number of rotatable bonds is 4. The summed E-state index contributed by atoms with van der Waals surface area (Å²) in [6.45, 7) is 3.48. The summed E-state index contributed by atoms with van der Waals surface area (Å²) >= 11 is 6.05. The van der Waals surface area contributed by atoms with Crippen molar-refractivity contribution < 1.29 is 10.0 Å². The Morgan fingerprint density at radius 3 is 2.48 bits per heavy atom. The molecule has 0 unspecified atom stereocenters. The van der Waals surface area contributed by atoms with Crippen LogP contribution in [0.2, 0.25) is 5.02 Å². The van der Waals surface area contributed by atoms with Crippen molar-refractivity contribution in [1.29, 1.82) is 0 Å². The molecule has 0 radical (unpaired) electrons. The Bertz CT molecular complexity index is 771. The minimum absolute atomic E-state index is 0.162. The van der Waals surface area contributed by atoms with Crippen molar-refractivity contribution in [3.8, 4) is 0 Å². The minimum atomic E-state index is -0.543. The number of benzene rings is 2. The van der Waals surface area contributed by atoms with E-state index < -0.39 is 5.91 Å². The Balaban J connectivity index is 2.20. The van der Waals surface area contributed by atoms with Gasteiger partial charge in [-0.05, 0) is 43.7 Å². The average Bonchev–Trinajstić information content (AvgIpc) is 2.52. The molecule has 118 valence electrons. The summed E-state index contributed by atoms with van der Waals surface area (Å²) in [5.41, 5.74) is 2.23. The maximum atomic E-state index is 12.2. The molecule has 2 aromatic rings. The molecule has 0 bridgehead atoms. The number of aryl methyl sites for hydroxylation is 1. The summed E-state index contributed by atoms with van der Waals surface area (Å²) in [5, 5.41) is 15.4. The van der Waals surface area contributed by atoms with Crippen LogP contribution < -0.4 is 5.32 Å². The van der Waals surface area contributed by atoms with E-state index in [4.69, 9.17) is 16.8 Å². The van der Waals surface area contributed by atoms with Gasteiger partial charge in [-0.25, -0.2) is 0 Å². The van der Waals surface area contributed by atoms with Gasteiger partial charge in [0.05, 0.1) is 11.4 Å². The first-order valence-electron chi connectivity index (χ1n) is 6.91. The number of carbonyl (C=O) groups is 1. The van der Waals surface area contributed by atoms with E-state index in [0.717, 1.165) is 5.56 Å². The molecule has 23 heavy (non-hydrogen) atoms. The number of oxime groups is 1. The lowest BCUT2D eigenvalue weighted by atomic mass is 10.2. The quantitative estimate of drug-likeness (QED) is 0.501. The Kier molecular flexibility index (Phi) is 5.49. The maximum absolute atomic E-state index is 12.2. The van der Waals surface area contributed by atoms with Gasteiger partial charge in [0.1, 0.15) is 0 Å². The third-order valence-corrected chi connectivity index (χ3v) is 3.55. The van der Waals surface area contributed by atoms with Crippen LogP contribution >= 0.6 is 11.6 Å². The number of carbonyl (C=O) groups excluding carboxylic acids is 1. The Labute approximate surface area is 139 Å². The van der Waals surface area contributed by atoms with E-state index in [0.29, 0.717) is 16.4 Å². The van der Waals surface area contributed by atoms with E-state index >= 15 is 0 Å². The van der Waals surface area contributed by atoms with Gasteiger partial charge in [0.2, 0.25) is 0 Å². The number of para-hydroxylation sites is 1. The molecule has 0 aliphatic rings. The highest BCUT2D eigenvalue weighted by Gasteiger charge is 2.16. The summed E-state index contributed by atoms with van der Waals surface area (Å²) in [7, 11) is 0. The van der Waals surface area contributed by atoms with Crippen LogP contribution in [0.4, 0.5) is 11.4 Å². The number of nitrogens with zero attached hydrogens (tertiary/aromatic N) is 2. The van der Waals surface area contributed by atoms with Gasteiger partial charge in [0.15, 0.2) is 5.71 Å². The molecule has 0 aliphatic heterocycles. The lowest BCUT2D eigenvalue weighted by Gasteiger charge is -2.07. The van der Waals surface area contributed by atoms with E-state index in [9.17, 15) is 4.79 Å². The molecule has 2 N–H and O–H groups in total. The van der Waals surface area contributed by atoms with E-state index in [1.54, 1.807) is 43.3 Å². The van der Waals surface area contributed by atoms with Gasteiger partial charge < -0.3 is 10.5 Å². The smallest absolute Gasteiger partial charge is 0.279 e. The van der Waals surface area contributed by atoms with Crippen molar-refractivity contribution in [2.45, 2.75) is 13.8 Å². The molecule has 0 saturated carbocycles. The van der Waals surface area contributed by atoms with Crippen LogP contribution in [-0.2, 0) is 4.79 Å². The predicted molar refractivity (Wildman–Crippen MR) is 93.3 cm³/mol. The zero-order chi connectivity index (χ0) is 16.8. The lowest BCUT2D eigenvalue weighted by Crippen LogP contribution is -2.28. The SMILES string of the molecule is CC(=Nc1ccc(C)c(Cl)c1)/C(=N\O)C(=O)Nc1ccccc1. The second-order valence-corrected chi connectivity index (χ2v) is 5.31. The fraction of sp³-hybridized carbons (Fsp3) is 0.118. The van der Waals surface area contributed by atoms with E-state index in [2.05, 4.69) is 15.5 Å². The number of anilines is 1. The summed E-state index contributed by atoms with van der Waals surface area (Å²) < 4.78 is 0. The van der Waals surface area contributed by atoms with Crippen molar-refractivity contribution in [3.05, 3.63) is 59.1 Å². The number of hydrogen-bond acceptors (Lipinski definition) is 4. The summed E-state index contributed by atoms with van der Waals surface area (Å²) in [4.78, 5) is 16.5. The topological polar surface area (TPSA) is 74.0 Å². The molecule has 0 saturated heterocycles. The molecule has 0 aromatic heterocycles. The van der Waals surface area contributed by atoms with Gasteiger partial charge in [0, 0.05) is 10.7 Å². The Hall–Kier alpha value is -2.66. The first-order chi connectivity index (χ1) is 11.0. The van der Waals surface area contributed by atoms with Crippen molar-refractivity contribution in [2.24, 2.45) is 10.1 Å². The average molecular weight is 330 g/mol. The van der Waals surface area contributed by atoms with E-state index in [1.165, 1.54) is 0 Å². The zero-order valence-electron chi connectivity index (χ0n) is 12.7. The zero-order valence-corrected chi connectivity index (χ0v) is 13.5. The van der Waals surface area contributed by atoms with Gasteiger partial charge in [-0.15, -0.1) is 0 Å². The largest absolute Gasteiger partial charge is 0.410 e. The van der Waals surface area contributed by atoms with Crippen molar-refractivity contribution in [1.82, 2.24) is 0 Å². The minimum Gasteiger partial charge on any atom is -0.410 e. The molecular formula is C17H16ClN3O2. The van der Waals surface area contributed by atoms with Crippen LogP contribution in [0.3, 0.4) is 0 Å². The highest BCUT2D eigenvalue weighted by Crippen LogP contribution is 2.22. The Morgan fingerprint density at radius 1 is 1.17 bits per heavy atom. The Morgan fingerprint density at radius 2 is 1.87 bits per heavy atom. The second kappa shape index (κ2) is 7.56. The fourth-order valence-corrected chi connectivity index (χ4v) is 2.07. The van der Waals surface area contributed by atoms with Crippen LogP contribution in [0.5, 0.6) is 0 Å².